The van der Waals surface area contributed by atoms with E-state index in [2.05, 4.69) is 26.6 Å². The van der Waals surface area contributed by atoms with Gasteiger partial charge in [-0.2, -0.15) is 0 Å². The van der Waals surface area contributed by atoms with Gasteiger partial charge in [-0.1, -0.05) is 51.9 Å². The first-order valence-corrected chi connectivity index (χ1v) is 13.3. The summed E-state index contributed by atoms with van der Waals surface area (Å²) >= 11 is 0. The van der Waals surface area contributed by atoms with Gasteiger partial charge in [-0.15, -0.1) is 0 Å². The summed E-state index contributed by atoms with van der Waals surface area (Å²) in [5.41, 5.74) is 0. The van der Waals surface area contributed by atoms with Crippen LogP contribution in [0.4, 0.5) is 0 Å². The highest BCUT2D eigenvalue weighted by Gasteiger charge is 2.12. The Morgan fingerprint density at radius 2 is 0.917 bits per heavy atom. The SMILES string of the molecule is CCCCCCCCCCOCCOCCOCCO[Si](C)(C)C. The summed E-state index contributed by atoms with van der Waals surface area (Å²) < 4.78 is 22.2. The molecule has 0 aliphatic carbocycles. The fourth-order valence-electron chi connectivity index (χ4n) is 2.29. The summed E-state index contributed by atoms with van der Waals surface area (Å²) in [5.74, 6) is 0. The normalized spacial score (nSPS) is 12.0. The molecule has 0 radical (unpaired) electrons. The molecule has 24 heavy (non-hydrogen) atoms. The molecule has 0 atom stereocenters. The molecule has 146 valence electrons. The van der Waals surface area contributed by atoms with Gasteiger partial charge in [-0.3, -0.25) is 0 Å². The quantitative estimate of drug-likeness (QED) is 0.239. The molecule has 0 fully saturated rings. The molecule has 5 heteroatoms. The van der Waals surface area contributed by atoms with Crippen molar-refractivity contribution < 1.29 is 18.6 Å². The molecule has 0 saturated carbocycles. The lowest BCUT2D eigenvalue weighted by molar-refractivity contribution is 0.00834. The second-order valence-corrected chi connectivity index (χ2v) is 11.8. The molecule has 0 aliphatic rings. The average molecular weight is 363 g/mol. The minimum absolute atomic E-state index is 0.632. The average Bonchev–Trinajstić information content (AvgIpc) is 2.52. The Kier molecular flexibility index (Phi) is 17.9. The van der Waals surface area contributed by atoms with E-state index >= 15 is 0 Å². The van der Waals surface area contributed by atoms with Crippen LogP contribution in [0.25, 0.3) is 0 Å². The van der Waals surface area contributed by atoms with Crippen molar-refractivity contribution in [3.05, 3.63) is 0 Å². The lowest BCUT2D eigenvalue weighted by Crippen LogP contribution is -2.27. The van der Waals surface area contributed by atoms with Gasteiger partial charge in [0, 0.05) is 6.61 Å². The van der Waals surface area contributed by atoms with E-state index in [-0.39, 0.29) is 0 Å². The number of hydrogen-bond acceptors (Lipinski definition) is 4. The van der Waals surface area contributed by atoms with E-state index in [9.17, 15) is 0 Å². The fourth-order valence-corrected chi connectivity index (χ4v) is 2.98. The summed E-state index contributed by atoms with van der Waals surface area (Å²) in [7, 11) is -1.40. The highest BCUT2D eigenvalue weighted by molar-refractivity contribution is 6.69. The molecular formula is C19H42O4Si. The van der Waals surface area contributed by atoms with E-state index in [0.29, 0.717) is 39.6 Å². The Labute approximate surface area is 151 Å². The lowest BCUT2D eigenvalue weighted by atomic mass is 10.1. The minimum Gasteiger partial charge on any atom is -0.415 e. The molecule has 0 unspecified atom stereocenters. The van der Waals surface area contributed by atoms with Gasteiger partial charge in [-0.25, -0.2) is 0 Å². The first-order valence-electron chi connectivity index (χ1n) is 9.93. The molecule has 0 aromatic rings. The monoisotopic (exact) mass is 362 g/mol. The third kappa shape index (κ3) is 22.1. The molecule has 0 N–H and O–H groups in total. The van der Waals surface area contributed by atoms with Gasteiger partial charge in [0.2, 0.25) is 0 Å². The third-order valence-electron chi connectivity index (χ3n) is 3.65. The van der Waals surface area contributed by atoms with Crippen molar-refractivity contribution >= 4 is 8.32 Å². The zero-order valence-corrected chi connectivity index (χ0v) is 17.7. The van der Waals surface area contributed by atoms with Crippen LogP contribution in [0.2, 0.25) is 19.6 Å². The van der Waals surface area contributed by atoms with E-state index in [1.807, 2.05) is 0 Å². The number of hydrogen-bond donors (Lipinski definition) is 0. The van der Waals surface area contributed by atoms with Crippen molar-refractivity contribution in [2.24, 2.45) is 0 Å². The van der Waals surface area contributed by atoms with Crippen molar-refractivity contribution in [1.82, 2.24) is 0 Å². The van der Waals surface area contributed by atoms with Crippen LogP contribution in [0.3, 0.4) is 0 Å². The van der Waals surface area contributed by atoms with E-state index < -0.39 is 8.32 Å². The summed E-state index contributed by atoms with van der Waals surface area (Å²) in [5, 5.41) is 0. The van der Waals surface area contributed by atoms with Gasteiger partial charge in [0.25, 0.3) is 0 Å². The fraction of sp³-hybridized carbons (Fsp3) is 1.00. The molecule has 0 bridgehead atoms. The number of rotatable bonds is 19. The van der Waals surface area contributed by atoms with Gasteiger partial charge in [0.05, 0.1) is 39.6 Å². The Morgan fingerprint density at radius 1 is 0.500 bits per heavy atom. The molecule has 0 rings (SSSR count). The van der Waals surface area contributed by atoms with E-state index in [0.717, 1.165) is 6.61 Å². The van der Waals surface area contributed by atoms with Crippen LogP contribution in [0.15, 0.2) is 0 Å². The third-order valence-corrected chi connectivity index (χ3v) is 4.72. The van der Waals surface area contributed by atoms with Crippen molar-refractivity contribution in [3.8, 4) is 0 Å². The molecular weight excluding hydrogens is 320 g/mol. The second kappa shape index (κ2) is 17.9. The van der Waals surface area contributed by atoms with Crippen LogP contribution in [0, 0.1) is 0 Å². The van der Waals surface area contributed by atoms with Crippen LogP contribution >= 0.6 is 0 Å². The van der Waals surface area contributed by atoms with Crippen LogP contribution in [0.1, 0.15) is 58.3 Å². The molecule has 0 saturated heterocycles. The highest BCUT2D eigenvalue weighted by atomic mass is 28.4. The zero-order chi connectivity index (χ0) is 17.9. The maximum absolute atomic E-state index is 5.71. The van der Waals surface area contributed by atoms with Crippen LogP contribution in [0.5, 0.6) is 0 Å². The number of unbranched alkanes of at least 4 members (excludes halogenated alkanes) is 7. The van der Waals surface area contributed by atoms with Gasteiger partial charge in [0.15, 0.2) is 8.32 Å². The second-order valence-electron chi connectivity index (χ2n) is 7.27. The molecule has 0 aromatic carbocycles. The van der Waals surface area contributed by atoms with Crippen molar-refractivity contribution in [2.75, 3.05) is 46.2 Å². The van der Waals surface area contributed by atoms with E-state index in [1.54, 1.807) is 0 Å². The molecule has 0 heterocycles. The van der Waals surface area contributed by atoms with Crippen LogP contribution in [-0.2, 0) is 18.6 Å². The maximum atomic E-state index is 5.71. The predicted octanol–water partition coefficient (Wildman–Crippen LogP) is 5.03. The summed E-state index contributed by atoms with van der Waals surface area (Å²) in [6.07, 6.45) is 10.7. The highest BCUT2D eigenvalue weighted by Crippen LogP contribution is 2.08. The maximum Gasteiger partial charge on any atom is 0.183 e. The minimum atomic E-state index is -1.40. The standard InChI is InChI=1S/C19H42O4Si/c1-5-6-7-8-9-10-11-12-13-20-14-15-21-16-17-22-18-19-23-24(2,3)4/h5-19H2,1-4H3. The van der Waals surface area contributed by atoms with E-state index in [1.165, 1.54) is 51.4 Å². The Bertz CT molecular complexity index is 244. The Hall–Kier alpha value is 0.0569. The van der Waals surface area contributed by atoms with Gasteiger partial charge >= 0.3 is 0 Å². The zero-order valence-electron chi connectivity index (χ0n) is 16.7. The smallest absolute Gasteiger partial charge is 0.183 e. The van der Waals surface area contributed by atoms with Crippen molar-refractivity contribution in [3.63, 3.8) is 0 Å². The summed E-state index contributed by atoms with van der Waals surface area (Å²) in [4.78, 5) is 0. The van der Waals surface area contributed by atoms with E-state index in [4.69, 9.17) is 18.6 Å². The molecule has 0 amide bonds. The Balaban J connectivity index is 3.00. The largest absolute Gasteiger partial charge is 0.415 e. The summed E-state index contributed by atoms with van der Waals surface area (Å²) in [6.45, 7) is 13.6. The molecule has 4 nitrogen and oxygen atoms in total. The predicted molar refractivity (Wildman–Crippen MR) is 104 cm³/mol. The first-order chi connectivity index (χ1) is 11.6. The van der Waals surface area contributed by atoms with Crippen molar-refractivity contribution in [2.45, 2.75) is 77.9 Å². The first kappa shape index (κ1) is 24.1. The molecule has 0 aliphatic heterocycles. The van der Waals surface area contributed by atoms with Crippen LogP contribution < -0.4 is 0 Å². The van der Waals surface area contributed by atoms with Gasteiger partial charge in [-0.05, 0) is 26.1 Å². The summed E-state index contributed by atoms with van der Waals surface area (Å²) in [6, 6.07) is 0. The topological polar surface area (TPSA) is 36.9 Å². The lowest BCUT2D eigenvalue weighted by Gasteiger charge is -2.16. The number of ether oxygens (including phenoxy) is 3. The molecule has 0 aromatic heterocycles. The van der Waals surface area contributed by atoms with Gasteiger partial charge in [0.1, 0.15) is 0 Å². The Morgan fingerprint density at radius 3 is 1.42 bits per heavy atom. The van der Waals surface area contributed by atoms with Crippen LogP contribution in [-0.4, -0.2) is 54.6 Å². The van der Waals surface area contributed by atoms with Gasteiger partial charge < -0.3 is 18.6 Å². The van der Waals surface area contributed by atoms with Crippen molar-refractivity contribution in [1.29, 1.82) is 0 Å². The molecule has 0 spiro atoms.